The number of pyridine rings is 1. The molecule has 21 heavy (non-hydrogen) atoms. The van der Waals surface area contributed by atoms with Gasteiger partial charge in [-0.05, 0) is 0 Å². The molecule has 9 heteroatoms. The molecule has 0 saturated carbocycles. The summed E-state index contributed by atoms with van der Waals surface area (Å²) in [4.78, 5) is 14.4. The summed E-state index contributed by atoms with van der Waals surface area (Å²) in [5.74, 6) is 1.92. The Labute approximate surface area is 126 Å². The number of nitrogens with zero attached hydrogens (tertiary/aromatic N) is 5. The van der Waals surface area contributed by atoms with Crippen LogP contribution in [0.5, 0.6) is 0 Å². The molecule has 0 bridgehead atoms. The van der Waals surface area contributed by atoms with E-state index in [9.17, 15) is 10.1 Å². The van der Waals surface area contributed by atoms with Crippen LogP contribution < -0.4 is 5.32 Å². The van der Waals surface area contributed by atoms with E-state index in [2.05, 4.69) is 20.5 Å². The minimum Gasteiger partial charge on any atom is -0.357 e. The third kappa shape index (κ3) is 3.27. The number of hydrogen-bond acceptors (Lipinski definition) is 6. The van der Waals surface area contributed by atoms with Gasteiger partial charge in [0, 0.05) is 25.2 Å². The molecule has 0 unspecified atom stereocenters. The lowest BCUT2D eigenvalue weighted by Crippen LogP contribution is -2.10. The highest BCUT2D eigenvalue weighted by Gasteiger charge is 2.17. The summed E-state index contributed by atoms with van der Waals surface area (Å²) in [6.07, 6.45) is 1.35. The maximum atomic E-state index is 11.0. The van der Waals surface area contributed by atoms with Crippen molar-refractivity contribution < 1.29 is 4.92 Å². The Balaban J connectivity index is 2.19. The van der Waals surface area contributed by atoms with E-state index in [1.54, 1.807) is 0 Å². The second-order valence-electron chi connectivity index (χ2n) is 4.82. The first-order chi connectivity index (χ1) is 9.90. The second-order valence-corrected chi connectivity index (χ2v) is 5.26. The van der Waals surface area contributed by atoms with Gasteiger partial charge in [0.25, 0.3) is 0 Å². The van der Waals surface area contributed by atoms with E-state index in [1.807, 2.05) is 25.5 Å². The molecule has 0 fully saturated rings. The first kappa shape index (κ1) is 15.2. The fourth-order valence-electron chi connectivity index (χ4n) is 1.90. The van der Waals surface area contributed by atoms with Crippen LogP contribution in [0.1, 0.15) is 31.4 Å². The molecular formula is C12H15ClN6O2. The molecule has 0 radical (unpaired) electrons. The second kappa shape index (κ2) is 6.04. The van der Waals surface area contributed by atoms with Crippen molar-refractivity contribution in [3.05, 3.63) is 39.0 Å². The van der Waals surface area contributed by atoms with Crippen LogP contribution in [-0.2, 0) is 13.6 Å². The van der Waals surface area contributed by atoms with E-state index in [0.717, 1.165) is 5.82 Å². The molecule has 112 valence electrons. The fraction of sp³-hybridized carbons (Fsp3) is 0.417. The number of halogens is 1. The third-order valence-electron chi connectivity index (χ3n) is 2.96. The fourth-order valence-corrected chi connectivity index (χ4v) is 2.05. The SMILES string of the molecule is CC(C)c1nnc(CNc2ncc(Cl)cc2[N+](=O)[O-])n1C. The van der Waals surface area contributed by atoms with Crippen molar-refractivity contribution in [3.8, 4) is 0 Å². The third-order valence-corrected chi connectivity index (χ3v) is 3.17. The monoisotopic (exact) mass is 310 g/mol. The first-order valence-corrected chi connectivity index (χ1v) is 6.70. The summed E-state index contributed by atoms with van der Waals surface area (Å²) in [6, 6.07) is 1.26. The molecule has 0 amide bonds. The Morgan fingerprint density at radius 3 is 2.76 bits per heavy atom. The summed E-state index contributed by atoms with van der Waals surface area (Å²) in [6.45, 7) is 4.32. The zero-order valence-corrected chi connectivity index (χ0v) is 12.6. The number of rotatable bonds is 5. The molecule has 0 saturated heterocycles. The summed E-state index contributed by atoms with van der Waals surface area (Å²) in [5, 5.41) is 22.3. The van der Waals surface area contributed by atoms with Crippen molar-refractivity contribution in [2.24, 2.45) is 7.05 Å². The van der Waals surface area contributed by atoms with Gasteiger partial charge in [0.05, 0.1) is 16.5 Å². The summed E-state index contributed by atoms with van der Waals surface area (Å²) >= 11 is 5.72. The smallest absolute Gasteiger partial charge is 0.312 e. The van der Waals surface area contributed by atoms with Gasteiger partial charge in [-0.15, -0.1) is 10.2 Å². The minimum atomic E-state index is -0.530. The molecule has 8 nitrogen and oxygen atoms in total. The lowest BCUT2D eigenvalue weighted by molar-refractivity contribution is -0.384. The Bertz CT molecular complexity index is 670. The normalized spacial score (nSPS) is 10.9. The van der Waals surface area contributed by atoms with Gasteiger partial charge < -0.3 is 9.88 Å². The number of nitro groups is 1. The minimum absolute atomic E-state index is 0.151. The number of hydrogen-bond donors (Lipinski definition) is 1. The zero-order valence-electron chi connectivity index (χ0n) is 11.9. The van der Waals surface area contributed by atoms with Crippen molar-refractivity contribution in [1.29, 1.82) is 0 Å². The average Bonchev–Trinajstić information content (AvgIpc) is 2.78. The van der Waals surface area contributed by atoms with E-state index >= 15 is 0 Å². The Morgan fingerprint density at radius 2 is 2.19 bits per heavy atom. The largest absolute Gasteiger partial charge is 0.357 e. The van der Waals surface area contributed by atoms with Gasteiger partial charge in [-0.1, -0.05) is 25.4 Å². The predicted molar refractivity (Wildman–Crippen MR) is 78.3 cm³/mol. The van der Waals surface area contributed by atoms with E-state index in [0.29, 0.717) is 5.82 Å². The van der Waals surface area contributed by atoms with Gasteiger partial charge >= 0.3 is 5.69 Å². The Morgan fingerprint density at radius 1 is 1.48 bits per heavy atom. The van der Waals surface area contributed by atoms with Gasteiger partial charge in [0.1, 0.15) is 5.82 Å². The molecule has 2 aromatic rings. The first-order valence-electron chi connectivity index (χ1n) is 6.32. The van der Waals surface area contributed by atoms with Crippen molar-refractivity contribution >= 4 is 23.1 Å². The topological polar surface area (TPSA) is 98.8 Å². The molecule has 0 spiro atoms. The van der Waals surface area contributed by atoms with E-state index in [4.69, 9.17) is 11.6 Å². The molecule has 0 aliphatic heterocycles. The Hall–Kier alpha value is -2.22. The molecule has 0 aliphatic carbocycles. The van der Waals surface area contributed by atoms with Crippen molar-refractivity contribution in [3.63, 3.8) is 0 Å². The van der Waals surface area contributed by atoms with Crippen molar-refractivity contribution in [2.75, 3.05) is 5.32 Å². The molecule has 2 heterocycles. The molecule has 0 aliphatic rings. The molecule has 2 aromatic heterocycles. The van der Waals surface area contributed by atoms with Crippen molar-refractivity contribution in [2.45, 2.75) is 26.3 Å². The predicted octanol–water partition coefficient (Wildman–Crippen LogP) is 2.51. The van der Waals surface area contributed by atoms with Crippen LogP contribution in [0.15, 0.2) is 12.3 Å². The number of nitrogens with one attached hydrogen (secondary N) is 1. The maximum absolute atomic E-state index is 11.0. The van der Waals surface area contributed by atoms with Crippen LogP contribution in [0.25, 0.3) is 0 Å². The molecule has 2 rings (SSSR count). The van der Waals surface area contributed by atoms with Crippen LogP contribution in [0, 0.1) is 10.1 Å². The molecule has 1 N–H and O–H groups in total. The van der Waals surface area contributed by atoms with Crippen LogP contribution >= 0.6 is 11.6 Å². The van der Waals surface area contributed by atoms with Crippen LogP contribution in [-0.4, -0.2) is 24.7 Å². The van der Waals surface area contributed by atoms with E-state index in [1.165, 1.54) is 12.3 Å². The quantitative estimate of drug-likeness (QED) is 0.673. The highest BCUT2D eigenvalue weighted by Crippen LogP contribution is 2.25. The van der Waals surface area contributed by atoms with Crippen LogP contribution in [0.3, 0.4) is 0 Å². The van der Waals surface area contributed by atoms with Gasteiger partial charge in [-0.2, -0.15) is 0 Å². The number of aromatic nitrogens is 4. The molecular weight excluding hydrogens is 296 g/mol. The summed E-state index contributed by atoms with van der Waals surface area (Å²) in [5.41, 5.74) is -0.172. The zero-order chi connectivity index (χ0) is 15.6. The maximum Gasteiger partial charge on any atom is 0.312 e. The Kier molecular flexibility index (Phi) is 4.37. The summed E-state index contributed by atoms with van der Waals surface area (Å²) in [7, 11) is 1.86. The molecule has 0 aromatic carbocycles. The molecule has 0 atom stereocenters. The lowest BCUT2D eigenvalue weighted by Gasteiger charge is -2.08. The van der Waals surface area contributed by atoms with E-state index < -0.39 is 4.92 Å². The van der Waals surface area contributed by atoms with E-state index in [-0.39, 0.29) is 29.0 Å². The van der Waals surface area contributed by atoms with Crippen LogP contribution in [0.4, 0.5) is 11.5 Å². The van der Waals surface area contributed by atoms with Gasteiger partial charge in [-0.3, -0.25) is 10.1 Å². The average molecular weight is 311 g/mol. The van der Waals surface area contributed by atoms with Gasteiger partial charge in [-0.25, -0.2) is 4.98 Å². The van der Waals surface area contributed by atoms with Crippen molar-refractivity contribution in [1.82, 2.24) is 19.7 Å². The van der Waals surface area contributed by atoms with Gasteiger partial charge in [0.15, 0.2) is 5.82 Å². The lowest BCUT2D eigenvalue weighted by atomic mass is 10.2. The highest BCUT2D eigenvalue weighted by atomic mass is 35.5. The van der Waals surface area contributed by atoms with Gasteiger partial charge in [0.2, 0.25) is 5.82 Å². The standard InChI is InChI=1S/C12H15ClN6O2/c1-7(2)12-17-16-10(18(12)3)6-15-11-9(19(20)21)4-8(13)5-14-11/h4-5,7H,6H2,1-3H3,(H,14,15). The summed E-state index contributed by atoms with van der Waals surface area (Å²) < 4.78 is 1.86. The highest BCUT2D eigenvalue weighted by molar-refractivity contribution is 6.30. The number of anilines is 1. The van der Waals surface area contributed by atoms with Crippen LogP contribution in [0.2, 0.25) is 5.02 Å².